The number of aromatic nitrogens is 1. The lowest BCUT2D eigenvalue weighted by atomic mass is 9.94. The summed E-state index contributed by atoms with van der Waals surface area (Å²) in [5.41, 5.74) is 11.0. The number of ketones is 1. The predicted octanol–water partition coefficient (Wildman–Crippen LogP) is 3.77. The zero-order valence-electron chi connectivity index (χ0n) is 19.5. The summed E-state index contributed by atoms with van der Waals surface area (Å²) in [6, 6.07) is 5.89. The number of aliphatic imine (C=N–C) groups is 1. The first-order chi connectivity index (χ1) is 16.0. The average molecular weight is 452 g/mol. The van der Waals surface area contributed by atoms with Gasteiger partial charge in [0.2, 0.25) is 0 Å². The molecule has 1 fully saturated rings. The summed E-state index contributed by atoms with van der Waals surface area (Å²) < 4.78 is 5.50. The van der Waals surface area contributed by atoms with Gasteiger partial charge in [-0.2, -0.15) is 4.91 Å². The lowest BCUT2D eigenvalue weighted by molar-refractivity contribution is -0.116. The van der Waals surface area contributed by atoms with Crippen molar-refractivity contribution in [3.8, 4) is 0 Å². The van der Waals surface area contributed by atoms with Crippen molar-refractivity contribution in [3.63, 3.8) is 0 Å². The zero-order chi connectivity index (χ0) is 23.6. The van der Waals surface area contributed by atoms with E-state index in [1.807, 2.05) is 18.2 Å². The van der Waals surface area contributed by atoms with Gasteiger partial charge in [-0.25, -0.2) is 0 Å². The number of pyridine rings is 1. The van der Waals surface area contributed by atoms with E-state index in [0.717, 1.165) is 58.9 Å². The first kappa shape index (κ1) is 24.7. The molecule has 1 aromatic carbocycles. The molecule has 1 saturated heterocycles. The summed E-state index contributed by atoms with van der Waals surface area (Å²) in [6.45, 7) is 5.90. The molecule has 8 nitrogen and oxygen atoms in total. The molecule has 0 atom stereocenters. The molecule has 0 unspecified atom stereocenters. The Kier molecular flexibility index (Phi) is 9.21. The number of rotatable bonds is 11. The van der Waals surface area contributed by atoms with E-state index in [1.54, 1.807) is 19.3 Å². The minimum Gasteiger partial charge on any atom is -0.398 e. The zero-order valence-corrected chi connectivity index (χ0v) is 19.5. The third-order valence-corrected chi connectivity index (χ3v) is 5.80. The Hall–Kier alpha value is -2.97. The molecule has 8 heteroatoms. The third kappa shape index (κ3) is 6.52. The van der Waals surface area contributed by atoms with Gasteiger partial charge in [0.25, 0.3) is 0 Å². The molecule has 2 heterocycles. The molecule has 0 radical (unpaired) electrons. The van der Waals surface area contributed by atoms with Crippen LogP contribution in [-0.2, 0) is 16.1 Å². The molecular formula is C25H33N5O3. The Morgan fingerprint density at radius 2 is 2.00 bits per heavy atom. The van der Waals surface area contributed by atoms with Crippen molar-refractivity contribution in [2.45, 2.75) is 52.1 Å². The minimum absolute atomic E-state index is 0.0618. The van der Waals surface area contributed by atoms with Crippen molar-refractivity contribution in [2.75, 3.05) is 26.3 Å². The highest BCUT2D eigenvalue weighted by molar-refractivity contribution is 6.09. The second-order valence-electron chi connectivity index (χ2n) is 8.35. The third-order valence-electron chi connectivity index (χ3n) is 5.80. The highest BCUT2D eigenvalue weighted by Crippen LogP contribution is 2.28. The highest BCUT2D eigenvalue weighted by atomic mass is 16.5. The number of carbonyl (C=O) groups is 1. The molecule has 33 heavy (non-hydrogen) atoms. The molecule has 1 aliphatic heterocycles. The molecule has 0 amide bonds. The molecule has 2 aromatic rings. The van der Waals surface area contributed by atoms with Crippen molar-refractivity contribution >= 4 is 28.0 Å². The highest BCUT2D eigenvalue weighted by Gasteiger charge is 2.19. The van der Waals surface area contributed by atoms with E-state index >= 15 is 0 Å². The van der Waals surface area contributed by atoms with Crippen LogP contribution in [0, 0.1) is 4.91 Å². The van der Waals surface area contributed by atoms with Gasteiger partial charge in [-0.3, -0.25) is 14.8 Å². The Labute approximate surface area is 194 Å². The van der Waals surface area contributed by atoms with E-state index in [-0.39, 0.29) is 24.9 Å². The molecule has 3 rings (SSSR count). The lowest BCUT2D eigenvalue weighted by Crippen LogP contribution is -2.29. The number of nitroso groups, excluding NO2 is 1. The van der Waals surface area contributed by atoms with Gasteiger partial charge in [0, 0.05) is 60.1 Å². The Balaban J connectivity index is 2.12. The largest absolute Gasteiger partial charge is 0.398 e. The number of hydrogen-bond acceptors (Lipinski definition) is 8. The van der Waals surface area contributed by atoms with Crippen LogP contribution in [0.5, 0.6) is 0 Å². The quantitative estimate of drug-likeness (QED) is 0.396. The second-order valence-corrected chi connectivity index (χ2v) is 8.35. The first-order valence-electron chi connectivity index (χ1n) is 11.5. The number of benzene rings is 1. The maximum absolute atomic E-state index is 11.6. The van der Waals surface area contributed by atoms with Crippen LogP contribution in [0.3, 0.4) is 0 Å². The molecule has 3 N–H and O–H groups in total. The topological polar surface area (TPSA) is 119 Å². The maximum Gasteiger partial charge on any atom is 0.143 e. The number of nitrogens with one attached hydrogen (secondary N) is 1. The van der Waals surface area contributed by atoms with E-state index in [1.165, 1.54) is 0 Å². The number of nitrogens with zero attached hydrogens (tertiary/aromatic N) is 3. The second kappa shape index (κ2) is 12.3. The van der Waals surface area contributed by atoms with Crippen LogP contribution in [0.4, 0.5) is 0 Å². The molecule has 0 bridgehead atoms. The molecule has 176 valence electrons. The number of ether oxygens (including phenoxy) is 1. The maximum atomic E-state index is 11.6. The summed E-state index contributed by atoms with van der Waals surface area (Å²) in [5.74, 6) is 0.0618. The van der Waals surface area contributed by atoms with E-state index in [0.29, 0.717) is 25.5 Å². The number of carbonyl (C=O) groups excluding carboxylic acids is 1. The Bertz CT molecular complexity index is 1040. The van der Waals surface area contributed by atoms with Gasteiger partial charge < -0.3 is 15.8 Å². The number of Topliss-reactive ketones (excluding diaryl/α,β-unsaturated/α-hetero) is 1. The van der Waals surface area contributed by atoms with E-state index < -0.39 is 0 Å². The van der Waals surface area contributed by atoms with Crippen LogP contribution in [0.1, 0.15) is 50.7 Å². The summed E-state index contributed by atoms with van der Waals surface area (Å²) in [5, 5.41) is 8.05. The predicted molar refractivity (Wildman–Crippen MR) is 132 cm³/mol. The van der Waals surface area contributed by atoms with Crippen molar-refractivity contribution in [3.05, 3.63) is 52.2 Å². The fourth-order valence-electron chi connectivity index (χ4n) is 4.14. The Morgan fingerprint density at radius 1 is 1.21 bits per heavy atom. The molecule has 0 spiro atoms. The van der Waals surface area contributed by atoms with Gasteiger partial charge in [0.05, 0.1) is 12.6 Å². The standard InChI is InChI=1S/C25H33N5O3/c1-3-4-24(30-19-8-11-33-12-9-19)23(16-28-13-17(2)31)25(26)21-6-5-18(14-29-32)20-7-10-27-15-22(20)21/h5-7,10,15,19,28H,3-4,8-9,11-14,16,26H2,1-2H3. The van der Waals surface area contributed by atoms with Crippen LogP contribution in [0.25, 0.3) is 16.5 Å². The lowest BCUT2D eigenvalue weighted by Gasteiger charge is -2.22. The molecular weight excluding hydrogens is 418 g/mol. The normalized spacial score (nSPS) is 16.0. The smallest absolute Gasteiger partial charge is 0.143 e. The molecule has 1 aliphatic rings. The van der Waals surface area contributed by atoms with E-state index in [2.05, 4.69) is 22.4 Å². The van der Waals surface area contributed by atoms with Gasteiger partial charge in [-0.1, -0.05) is 30.7 Å². The average Bonchev–Trinajstić information content (AvgIpc) is 2.82. The Morgan fingerprint density at radius 3 is 2.70 bits per heavy atom. The van der Waals surface area contributed by atoms with Gasteiger partial charge in [-0.15, -0.1) is 0 Å². The fraction of sp³-hybridized carbons (Fsp3) is 0.480. The summed E-state index contributed by atoms with van der Waals surface area (Å²) in [7, 11) is 0. The number of nitrogens with two attached hydrogens (primary N) is 1. The van der Waals surface area contributed by atoms with Gasteiger partial charge >= 0.3 is 0 Å². The summed E-state index contributed by atoms with van der Waals surface area (Å²) in [6.07, 6.45) is 6.96. The minimum atomic E-state index is 0.0618. The van der Waals surface area contributed by atoms with Crippen molar-refractivity contribution in [1.82, 2.24) is 10.3 Å². The van der Waals surface area contributed by atoms with Crippen LogP contribution in [-0.4, -0.2) is 48.8 Å². The van der Waals surface area contributed by atoms with Crippen molar-refractivity contribution < 1.29 is 9.53 Å². The van der Waals surface area contributed by atoms with Crippen LogP contribution in [0.2, 0.25) is 0 Å². The summed E-state index contributed by atoms with van der Waals surface area (Å²) >= 11 is 0. The van der Waals surface area contributed by atoms with Crippen molar-refractivity contribution in [2.24, 2.45) is 15.9 Å². The van der Waals surface area contributed by atoms with Gasteiger partial charge in [-0.05, 0) is 43.2 Å². The van der Waals surface area contributed by atoms with Crippen LogP contribution >= 0.6 is 0 Å². The van der Waals surface area contributed by atoms with Gasteiger partial charge in [0.15, 0.2) is 0 Å². The molecule has 0 aliphatic carbocycles. The van der Waals surface area contributed by atoms with E-state index in [4.69, 9.17) is 15.5 Å². The summed E-state index contributed by atoms with van der Waals surface area (Å²) in [4.78, 5) is 31.8. The van der Waals surface area contributed by atoms with Crippen LogP contribution < -0.4 is 11.1 Å². The number of hydrogen-bond donors (Lipinski definition) is 2. The first-order valence-corrected chi connectivity index (χ1v) is 11.5. The van der Waals surface area contributed by atoms with Crippen LogP contribution in [0.15, 0.2) is 46.3 Å². The number of fused-ring (bicyclic) bond motifs is 1. The molecule has 0 saturated carbocycles. The van der Waals surface area contributed by atoms with Gasteiger partial charge in [0.1, 0.15) is 12.3 Å². The SMILES string of the molecule is CCCC(=NC1CCOCC1)C(CNCC(C)=O)=C(N)c1ccc(CN=O)c2ccncc12. The molecule has 1 aromatic heterocycles. The van der Waals surface area contributed by atoms with E-state index in [9.17, 15) is 9.70 Å². The fourth-order valence-corrected chi connectivity index (χ4v) is 4.14. The monoisotopic (exact) mass is 451 g/mol. The van der Waals surface area contributed by atoms with Crippen molar-refractivity contribution in [1.29, 1.82) is 0 Å².